The fraction of sp³-hybridized carbons (Fsp3) is 0.857. The lowest BCUT2D eigenvalue weighted by molar-refractivity contribution is -0.130. The number of carbonyl (C=O) groups is 1. The van der Waals surface area contributed by atoms with E-state index in [1.165, 1.54) is 12.8 Å². The lowest BCUT2D eigenvalue weighted by Gasteiger charge is -2.23. The first-order chi connectivity index (χ1) is 8.67. The Kier molecular flexibility index (Phi) is 6.74. The largest absolute Gasteiger partial charge is 0.345 e. The Morgan fingerprint density at radius 1 is 1.33 bits per heavy atom. The molecule has 1 fully saturated rings. The summed E-state index contributed by atoms with van der Waals surface area (Å²) in [6.45, 7) is 5.83. The molecular formula is C14H25N3O. The van der Waals surface area contributed by atoms with Crippen molar-refractivity contribution < 1.29 is 4.79 Å². The Balaban J connectivity index is 2.22. The Bertz CT molecular complexity index is 294. The standard InChI is InChI=1S/C14H25N3O/c1-3-9-17(12-13-5-6-13)11-7-14(18)16(2)10-4-8-15/h13H,3-7,9-12H2,1-2H3. The molecule has 4 heteroatoms. The summed E-state index contributed by atoms with van der Waals surface area (Å²) in [6.07, 6.45) is 4.86. The molecular weight excluding hydrogens is 226 g/mol. The van der Waals surface area contributed by atoms with Crippen LogP contribution in [0.15, 0.2) is 0 Å². The number of nitriles is 1. The van der Waals surface area contributed by atoms with Gasteiger partial charge in [-0.3, -0.25) is 4.79 Å². The van der Waals surface area contributed by atoms with Crippen molar-refractivity contribution in [1.29, 1.82) is 5.26 Å². The van der Waals surface area contributed by atoms with E-state index in [0.717, 1.165) is 32.0 Å². The summed E-state index contributed by atoms with van der Waals surface area (Å²) in [6, 6.07) is 2.07. The Hall–Kier alpha value is -1.08. The first kappa shape index (κ1) is 15.0. The highest BCUT2D eigenvalue weighted by molar-refractivity contribution is 5.76. The lowest BCUT2D eigenvalue weighted by Crippen LogP contribution is -2.34. The molecule has 0 radical (unpaired) electrons. The van der Waals surface area contributed by atoms with Gasteiger partial charge in [-0.05, 0) is 31.7 Å². The summed E-state index contributed by atoms with van der Waals surface area (Å²) in [5, 5.41) is 8.49. The minimum absolute atomic E-state index is 0.155. The normalized spacial score (nSPS) is 14.6. The van der Waals surface area contributed by atoms with Crippen LogP contribution in [-0.4, -0.2) is 48.9 Å². The van der Waals surface area contributed by atoms with E-state index >= 15 is 0 Å². The van der Waals surface area contributed by atoms with Gasteiger partial charge < -0.3 is 9.80 Å². The summed E-state index contributed by atoms with van der Waals surface area (Å²) in [5.41, 5.74) is 0. The van der Waals surface area contributed by atoms with E-state index in [0.29, 0.717) is 19.4 Å². The van der Waals surface area contributed by atoms with Crippen molar-refractivity contribution in [2.45, 2.75) is 39.0 Å². The zero-order valence-corrected chi connectivity index (χ0v) is 11.7. The van der Waals surface area contributed by atoms with Gasteiger partial charge in [0.25, 0.3) is 0 Å². The average Bonchev–Trinajstić information content (AvgIpc) is 3.16. The quantitative estimate of drug-likeness (QED) is 0.628. The number of carbonyl (C=O) groups excluding carboxylic acids is 1. The Morgan fingerprint density at radius 2 is 2.06 bits per heavy atom. The molecule has 1 amide bonds. The topological polar surface area (TPSA) is 47.3 Å². The van der Waals surface area contributed by atoms with E-state index in [2.05, 4.69) is 17.9 Å². The minimum Gasteiger partial charge on any atom is -0.345 e. The first-order valence-corrected chi connectivity index (χ1v) is 7.00. The van der Waals surface area contributed by atoms with E-state index in [-0.39, 0.29) is 5.91 Å². The second-order valence-corrected chi connectivity index (χ2v) is 5.22. The molecule has 0 bridgehead atoms. The van der Waals surface area contributed by atoms with E-state index < -0.39 is 0 Å². The lowest BCUT2D eigenvalue weighted by atomic mass is 10.2. The molecule has 1 rings (SSSR count). The molecule has 1 aliphatic rings. The van der Waals surface area contributed by atoms with Gasteiger partial charge in [0.2, 0.25) is 5.91 Å². The zero-order valence-electron chi connectivity index (χ0n) is 11.7. The van der Waals surface area contributed by atoms with Crippen molar-refractivity contribution in [2.24, 2.45) is 5.92 Å². The average molecular weight is 251 g/mol. The van der Waals surface area contributed by atoms with Gasteiger partial charge in [-0.25, -0.2) is 0 Å². The van der Waals surface area contributed by atoms with Gasteiger partial charge in [0.1, 0.15) is 0 Å². The Morgan fingerprint density at radius 3 is 2.61 bits per heavy atom. The monoisotopic (exact) mass is 251 g/mol. The van der Waals surface area contributed by atoms with Crippen LogP contribution in [0.4, 0.5) is 0 Å². The van der Waals surface area contributed by atoms with Gasteiger partial charge in [0.15, 0.2) is 0 Å². The van der Waals surface area contributed by atoms with Gasteiger partial charge in [0, 0.05) is 33.1 Å². The van der Waals surface area contributed by atoms with Crippen LogP contribution in [-0.2, 0) is 4.79 Å². The van der Waals surface area contributed by atoms with Crippen LogP contribution in [0.1, 0.15) is 39.0 Å². The van der Waals surface area contributed by atoms with Gasteiger partial charge in [0.05, 0.1) is 12.5 Å². The molecule has 0 aromatic rings. The van der Waals surface area contributed by atoms with Gasteiger partial charge in [-0.15, -0.1) is 0 Å². The fourth-order valence-corrected chi connectivity index (χ4v) is 2.06. The predicted octanol–water partition coefficient (Wildman–Crippen LogP) is 1.87. The summed E-state index contributed by atoms with van der Waals surface area (Å²) in [4.78, 5) is 15.9. The second kappa shape index (κ2) is 8.10. The summed E-state index contributed by atoms with van der Waals surface area (Å²) in [7, 11) is 1.78. The molecule has 0 aromatic heterocycles. The molecule has 0 unspecified atom stereocenters. The molecule has 0 saturated heterocycles. The van der Waals surface area contributed by atoms with Crippen molar-refractivity contribution >= 4 is 5.91 Å². The highest BCUT2D eigenvalue weighted by Gasteiger charge is 2.24. The van der Waals surface area contributed by atoms with E-state index in [9.17, 15) is 4.79 Å². The zero-order chi connectivity index (χ0) is 13.4. The van der Waals surface area contributed by atoms with Crippen LogP contribution in [0.3, 0.4) is 0 Å². The number of amides is 1. The molecule has 0 atom stereocenters. The Labute approximate surface area is 111 Å². The van der Waals surface area contributed by atoms with Crippen molar-refractivity contribution in [2.75, 3.05) is 33.2 Å². The predicted molar refractivity (Wildman–Crippen MR) is 71.9 cm³/mol. The molecule has 0 aliphatic heterocycles. The highest BCUT2D eigenvalue weighted by atomic mass is 16.2. The maximum Gasteiger partial charge on any atom is 0.223 e. The minimum atomic E-state index is 0.155. The molecule has 4 nitrogen and oxygen atoms in total. The third kappa shape index (κ3) is 6.02. The third-order valence-corrected chi connectivity index (χ3v) is 3.38. The van der Waals surface area contributed by atoms with Gasteiger partial charge in [-0.1, -0.05) is 6.92 Å². The van der Waals surface area contributed by atoms with Crippen molar-refractivity contribution in [3.05, 3.63) is 0 Å². The van der Waals surface area contributed by atoms with E-state index in [1.807, 2.05) is 0 Å². The second-order valence-electron chi connectivity index (χ2n) is 5.22. The smallest absolute Gasteiger partial charge is 0.223 e. The van der Waals surface area contributed by atoms with E-state index in [1.54, 1.807) is 11.9 Å². The maximum atomic E-state index is 11.8. The first-order valence-electron chi connectivity index (χ1n) is 7.00. The summed E-state index contributed by atoms with van der Waals surface area (Å²) < 4.78 is 0. The molecule has 0 spiro atoms. The number of rotatable bonds is 9. The summed E-state index contributed by atoms with van der Waals surface area (Å²) in [5.74, 6) is 1.03. The molecule has 0 N–H and O–H groups in total. The SMILES string of the molecule is CCCN(CCC(=O)N(C)CCC#N)CC1CC1. The van der Waals surface area contributed by atoms with Crippen LogP contribution in [0.5, 0.6) is 0 Å². The maximum absolute atomic E-state index is 11.8. The van der Waals surface area contributed by atoms with Crippen LogP contribution in [0, 0.1) is 17.2 Å². The van der Waals surface area contributed by atoms with Crippen LogP contribution >= 0.6 is 0 Å². The molecule has 18 heavy (non-hydrogen) atoms. The van der Waals surface area contributed by atoms with Crippen molar-refractivity contribution in [3.8, 4) is 6.07 Å². The molecule has 0 aromatic carbocycles. The number of nitrogens with zero attached hydrogens (tertiary/aromatic N) is 3. The molecule has 1 saturated carbocycles. The van der Waals surface area contributed by atoms with Crippen LogP contribution in [0.2, 0.25) is 0 Å². The van der Waals surface area contributed by atoms with Gasteiger partial charge in [-0.2, -0.15) is 5.26 Å². The number of hydrogen-bond acceptors (Lipinski definition) is 3. The molecule has 0 heterocycles. The van der Waals surface area contributed by atoms with Crippen LogP contribution in [0.25, 0.3) is 0 Å². The van der Waals surface area contributed by atoms with E-state index in [4.69, 9.17) is 5.26 Å². The highest BCUT2D eigenvalue weighted by Crippen LogP contribution is 2.29. The van der Waals surface area contributed by atoms with Gasteiger partial charge >= 0.3 is 0 Å². The third-order valence-electron chi connectivity index (χ3n) is 3.38. The molecule has 102 valence electrons. The fourth-order valence-electron chi connectivity index (χ4n) is 2.06. The van der Waals surface area contributed by atoms with Crippen LogP contribution < -0.4 is 0 Å². The summed E-state index contributed by atoms with van der Waals surface area (Å²) >= 11 is 0. The molecule has 1 aliphatic carbocycles. The van der Waals surface area contributed by atoms with Crippen molar-refractivity contribution in [1.82, 2.24) is 9.80 Å². The number of hydrogen-bond donors (Lipinski definition) is 0. The van der Waals surface area contributed by atoms with Crippen molar-refractivity contribution in [3.63, 3.8) is 0 Å².